The molecule has 1 aliphatic heterocycles. The zero-order chi connectivity index (χ0) is 20.6. The molecule has 4 nitrogen and oxygen atoms in total. The highest BCUT2D eigenvalue weighted by molar-refractivity contribution is 5.89. The molecule has 1 atom stereocenters. The van der Waals surface area contributed by atoms with Crippen molar-refractivity contribution >= 4 is 16.8 Å². The number of ether oxygens (including phenoxy) is 1. The highest BCUT2D eigenvalue weighted by Gasteiger charge is 2.37. The lowest BCUT2D eigenvalue weighted by Gasteiger charge is -2.35. The van der Waals surface area contributed by atoms with Gasteiger partial charge in [0, 0.05) is 16.8 Å². The van der Waals surface area contributed by atoms with E-state index in [1.807, 2.05) is 6.07 Å². The molecule has 156 valence electrons. The maximum atomic E-state index is 12.7. The van der Waals surface area contributed by atoms with Gasteiger partial charge in [0.15, 0.2) is 0 Å². The van der Waals surface area contributed by atoms with Crippen LogP contribution in [0.1, 0.15) is 50.3 Å². The van der Waals surface area contributed by atoms with Crippen molar-refractivity contribution in [3.8, 4) is 11.1 Å². The second-order valence-corrected chi connectivity index (χ2v) is 8.99. The average molecular weight is 403 g/mol. The summed E-state index contributed by atoms with van der Waals surface area (Å²) in [6, 6.07) is 17.1. The van der Waals surface area contributed by atoms with Crippen LogP contribution >= 0.6 is 0 Å². The van der Waals surface area contributed by atoms with Crippen molar-refractivity contribution in [1.29, 1.82) is 0 Å². The van der Waals surface area contributed by atoms with E-state index < -0.39 is 5.60 Å². The Kier molecular flexibility index (Phi) is 5.11. The molecule has 5 rings (SSSR count). The first kappa shape index (κ1) is 19.4. The molecule has 2 aromatic carbocycles. The summed E-state index contributed by atoms with van der Waals surface area (Å²) in [4.78, 5) is 16.3. The SMILES string of the molecule is CC1(CNC(=O)C2CCCCC2)OCCc2c1[nH]c1ccc(-c3ccccc3)cc21. The molecule has 2 heterocycles. The van der Waals surface area contributed by atoms with Gasteiger partial charge in [-0.15, -0.1) is 0 Å². The third kappa shape index (κ3) is 3.54. The van der Waals surface area contributed by atoms with Crippen LogP contribution in [0, 0.1) is 5.92 Å². The molecule has 3 aromatic rings. The molecule has 2 aliphatic rings. The quantitative estimate of drug-likeness (QED) is 0.621. The molecule has 1 fully saturated rings. The van der Waals surface area contributed by atoms with Crippen molar-refractivity contribution in [1.82, 2.24) is 10.3 Å². The van der Waals surface area contributed by atoms with Crippen molar-refractivity contribution in [3.63, 3.8) is 0 Å². The summed E-state index contributed by atoms with van der Waals surface area (Å²) in [7, 11) is 0. The van der Waals surface area contributed by atoms with Crippen LogP contribution in [0.2, 0.25) is 0 Å². The first-order valence-corrected chi connectivity index (χ1v) is 11.3. The third-order valence-corrected chi connectivity index (χ3v) is 6.89. The molecular formula is C26H30N2O2. The second-order valence-electron chi connectivity index (χ2n) is 8.99. The number of hydrogen-bond donors (Lipinski definition) is 2. The Bertz CT molecular complexity index is 1050. The fraction of sp³-hybridized carbons (Fsp3) is 0.423. The largest absolute Gasteiger partial charge is 0.367 e. The Hall–Kier alpha value is -2.59. The number of rotatable bonds is 4. The van der Waals surface area contributed by atoms with Crippen LogP contribution in [0.3, 0.4) is 0 Å². The zero-order valence-corrected chi connectivity index (χ0v) is 17.7. The Balaban J connectivity index is 1.42. The average Bonchev–Trinajstić information content (AvgIpc) is 3.18. The minimum Gasteiger partial charge on any atom is -0.367 e. The van der Waals surface area contributed by atoms with Crippen LogP contribution in [0.4, 0.5) is 0 Å². The molecular weight excluding hydrogens is 372 g/mol. The second kappa shape index (κ2) is 7.92. The number of carbonyl (C=O) groups excluding carboxylic acids is 1. The van der Waals surface area contributed by atoms with Crippen molar-refractivity contribution in [2.75, 3.05) is 13.2 Å². The maximum absolute atomic E-state index is 12.7. The van der Waals surface area contributed by atoms with Gasteiger partial charge < -0.3 is 15.0 Å². The Labute approximate surface area is 178 Å². The van der Waals surface area contributed by atoms with Gasteiger partial charge in [-0.3, -0.25) is 4.79 Å². The lowest BCUT2D eigenvalue weighted by Crippen LogP contribution is -2.45. The topological polar surface area (TPSA) is 54.1 Å². The van der Waals surface area contributed by atoms with E-state index in [0.717, 1.165) is 30.5 Å². The predicted molar refractivity (Wildman–Crippen MR) is 120 cm³/mol. The summed E-state index contributed by atoms with van der Waals surface area (Å²) in [5, 5.41) is 4.46. The van der Waals surface area contributed by atoms with Gasteiger partial charge >= 0.3 is 0 Å². The van der Waals surface area contributed by atoms with Gasteiger partial charge in [-0.2, -0.15) is 0 Å². The zero-order valence-electron chi connectivity index (χ0n) is 17.7. The van der Waals surface area contributed by atoms with E-state index in [-0.39, 0.29) is 11.8 Å². The third-order valence-electron chi connectivity index (χ3n) is 6.89. The number of fused-ring (bicyclic) bond motifs is 3. The number of aromatic nitrogens is 1. The molecule has 1 aliphatic carbocycles. The summed E-state index contributed by atoms with van der Waals surface area (Å²) in [6.07, 6.45) is 6.52. The van der Waals surface area contributed by atoms with Crippen LogP contribution in [-0.4, -0.2) is 24.0 Å². The van der Waals surface area contributed by atoms with E-state index in [0.29, 0.717) is 13.2 Å². The molecule has 2 N–H and O–H groups in total. The van der Waals surface area contributed by atoms with Gasteiger partial charge in [-0.1, -0.05) is 55.7 Å². The fourth-order valence-corrected chi connectivity index (χ4v) is 5.12. The Morgan fingerprint density at radius 2 is 1.90 bits per heavy atom. The summed E-state index contributed by atoms with van der Waals surface area (Å²) in [5.41, 5.74) is 5.49. The highest BCUT2D eigenvalue weighted by atomic mass is 16.5. The number of aromatic amines is 1. The monoisotopic (exact) mass is 402 g/mol. The van der Waals surface area contributed by atoms with E-state index in [1.54, 1.807) is 0 Å². The minimum atomic E-state index is -0.524. The number of hydrogen-bond acceptors (Lipinski definition) is 2. The van der Waals surface area contributed by atoms with Gasteiger partial charge in [-0.25, -0.2) is 0 Å². The van der Waals surface area contributed by atoms with Gasteiger partial charge in [0.2, 0.25) is 5.91 Å². The molecule has 1 saturated carbocycles. The van der Waals surface area contributed by atoms with Crippen molar-refractivity contribution in [2.45, 2.75) is 51.0 Å². The Morgan fingerprint density at radius 1 is 1.10 bits per heavy atom. The van der Waals surface area contributed by atoms with E-state index in [2.05, 4.69) is 59.7 Å². The lowest BCUT2D eigenvalue weighted by atomic mass is 9.88. The first-order chi connectivity index (χ1) is 14.6. The van der Waals surface area contributed by atoms with Gasteiger partial charge in [0.1, 0.15) is 5.60 Å². The number of H-pyrrole nitrogens is 1. The van der Waals surface area contributed by atoms with E-state index >= 15 is 0 Å². The van der Waals surface area contributed by atoms with Crippen molar-refractivity contribution in [3.05, 3.63) is 59.8 Å². The van der Waals surface area contributed by atoms with Crippen LogP contribution in [0.25, 0.3) is 22.0 Å². The maximum Gasteiger partial charge on any atom is 0.223 e. The number of nitrogens with one attached hydrogen (secondary N) is 2. The summed E-state index contributed by atoms with van der Waals surface area (Å²) in [5.74, 6) is 0.357. The summed E-state index contributed by atoms with van der Waals surface area (Å²) < 4.78 is 6.23. The number of amides is 1. The normalized spacial score (nSPS) is 22.0. The van der Waals surface area contributed by atoms with Gasteiger partial charge in [0.05, 0.1) is 18.8 Å². The van der Waals surface area contributed by atoms with Gasteiger partial charge in [-0.05, 0) is 55.0 Å². The van der Waals surface area contributed by atoms with E-state index in [4.69, 9.17) is 4.74 Å². The van der Waals surface area contributed by atoms with E-state index in [1.165, 1.54) is 41.3 Å². The Morgan fingerprint density at radius 3 is 2.70 bits per heavy atom. The van der Waals surface area contributed by atoms with Crippen LogP contribution < -0.4 is 5.32 Å². The lowest BCUT2D eigenvalue weighted by molar-refractivity contribution is -0.128. The molecule has 0 bridgehead atoms. The predicted octanol–water partition coefficient (Wildman–Crippen LogP) is 5.32. The summed E-state index contributed by atoms with van der Waals surface area (Å²) in [6.45, 7) is 3.28. The van der Waals surface area contributed by atoms with Crippen LogP contribution in [0.15, 0.2) is 48.5 Å². The first-order valence-electron chi connectivity index (χ1n) is 11.3. The smallest absolute Gasteiger partial charge is 0.223 e. The molecule has 30 heavy (non-hydrogen) atoms. The van der Waals surface area contributed by atoms with Crippen molar-refractivity contribution in [2.24, 2.45) is 5.92 Å². The van der Waals surface area contributed by atoms with Crippen molar-refractivity contribution < 1.29 is 9.53 Å². The minimum absolute atomic E-state index is 0.168. The number of benzene rings is 2. The standard InChI is InChI=1S/C26H30N2O2/c1-26(17-27-25(29)19-10-6-3-7-11-19)24-21(14-15-30-26)22-16-20(12-13-23(22)28-24)18-8-4-2-5-9-18/h2,4-5,8-9,12-13,16,19,28H,3,6-7,10-11,14-15,17H2,1H3,(H,27,29). The van der Waals surface area contributed by atoms with Crippen LogP contribution in [0.5, 0.6) is 0 Å². The molecule has 1 amide bonds. The molecule has 0 saturated heterocycles. The van der Waals surface area contributed by atoms with E-state index in [9.17, 15) is 4.79 Å². The molecule has 4 heteroatoms. The summed E-state index contributed by atoms with van der Waals surface area (Å²) >= 11 is 0. The molecule has 0 spiro atoms. The molecule has 1 unspecified atom stereocenters. The molecule has 1 aromatic heterocycles. The fourth-order valence-electron chi connectivity index (χ4n) is 5.12. The molecule has 0 radical (unpaired) electrons. The highest BCUT2D eigenvalue weighted by Crippen LogP contribution is 2.38. The van der Waals surface area contributed by atoms with Crippen LogP contribution in [-0.2, 0) is 21.6 Å². The number of carbonyl (C=O) groups is 1. The van der Waals surface area contributed by atoms with Gasteiger partial charge in [0.25, 0.3) is 0 Å².